The molecule has 8 heteroatoms. The van der Waals surface area contributed by atoms with Gasteiger partial charge in [-0.2, -0.15) is 13.2 Å². The number of nitrogens with zero attached hydrogens (tertiary/aromatic N) is 1. The molecule has 1 atom stereocenters. The highest BCUT2D eigenvalue weighted by molar-refractivity contribution is 6.31. The molecule has 0 bridgehead atoms. The van der Waals surface area contributed by atoms with Crippen LogP contribution in [0.1, 0.15) is 30.0 Å². The van der Waals surface area contributed by atoms with Crippen molar-refractivity contribution in [1.29, 1.82) is 0 Å². The molecule has 1 aliphatic rings. The Labute approximate surface area is 145 Å². The van der Waals surface area contributed by atoms with Gasteiger partial charge in [-0.25, -0.2) is 0 Å². The maximum atomic E-state index is 13.0. The van der Waals surface area contributed by atoms with Crippen LogP contribution in [0.2, 0.25) is 5.02 Å². The first-order valence-corrected chi connectivity index (χ1v) is 7.73. The van der Waals surface area contributed by atoms with E-state index in [1.54, 1.807) is 0 Å². The molecule has 1 aromatic carbocycles. The zero-order chi connectivity index (χ0) is 16.2. The van der Waals surface area contributed by atoms with Gasteiger partial charge in [-0.15, -0.1) is 12.4 Å². The Bertz CT molecular complexity index is 494. The molecule has 3 nitrogen and oxygen atoms in total. The molecule has 2 rings (SSSR count). The molecule has 23 heavy (non-hydrogen) atoms. The lowest BCUT2D eigenvalue weighted by Gasteiger charge is -2.36. The number of piperazine rings is 1. The number of rotatable bonds is 5. The summed E-state index contributed by atoms with van der Waals surface area (Å²) in [5.74, 6) is 0. The van der Waals surface area contributed by atoms with Crippen molar-refractivity contribution in [3.8, 4) is 0 Å². The second-order valence-corrected chi connectivity index (χ2v) is 5.81. The summed E-state index contributed by atoms with van der Waals surface area (Å²) in [6.45, 7) is 3.11. The summed E-state index contributed by atoms with van der Waals surface area (Å²) in [6.07, 6.45) is -3.27. The topological polar surface area (TPSA) is 35.5 Å². The summed E-state index contributed by atoms with van der Waals surface area (Å²) in [4.78, 5) is 2.13. The summed E-state index contributed by atoms with van der Waals surface area (Å²) in [6, 6.07) is 3.26. The van der Waals surface area contributed by atoms with Crippen LogP contribution in [0, 0.1) is 0 Å². The zero-order valence-corrected chi connectivity index (χ0v) is 14.1. The molecular formula is C15H21Cl2F3N2O. The van der Waals surface area contributed by atoms with Crippen LogP contribution in [-0.4, -0.2) is 42.8 Å². The predicted molar refractivity (Wildman–Crippen MR) is 87.2 cm³/mol. The minimum atomic E-state index is -4.38. The number of hydrogen-bond donors (Lipinski definition) is 2. The molecule has 2 N–H and O–H groups in total. The third-order valence-electron chi connectivity index (χ3n) is 3.91. The van der Waals surface area contributed by atoms with Crippen LogP contribution in [-0.2, 0) is 6.18 Å². The first-order chi connectivity index (χ1) is 10.4. The van der Waals surface area contributed by atoms with Crippen LogP contribution >= 0.6 is 24.0 Å². The number of aliphatic hydroxyl groups is 1. The quantitative estimate of drug-likeness (QED) is 0.830. The fraction of sp³-hybridized carbons (Fsp3) is 0.600. The van der Waals surface area contributed by atoms with Crippen LogP contribution in [0.3, 0.4) is 0 Å². The van der Waals surface area contributed by atoms with Gasteiger partial charge in [0.05, 0.1) is 5.56 Å². The summed E-state index contributed by atoms with van der Waals surface area (Å²) < 4.78 is 38.9. The van der Waals surface area contributed by atoms with Crippen LogP contribution < -0.4 is 5.32 Å². The normalized spacial score (nSPS) is 17.6. The van der Waals surface area contributed by atoms with Crippen molar-refractivity contribution in [3.05, 3.63) is 34.3 Å². The molecule has 132 valence electrons. The molecule has 1 heterocycles. The van der Waals surface area contributed by atoms with Gasteiger partial charge in [0.15, 0.2) is 0 Å². The van der Waals surface area contributed by atoms with E-state index in [-0.39, 0.29) is 25.1 Å². The number of halogens is 5. The lowest BCUT2D eigenvalue weighted by atomic mass is 9.97. The summed E-state index contributed by atoms with van der Waals surface area (Å²) in [7, 11) is 0. The summed E-state index contributed by atoms with van der Waals surface area (Å²) in [5.41, 5.74) is -0.192. The predicted octanol–water partition coefficient (Wildman–Crippen LogP) is 3.50. The molecule has 0 spiro atoms. The second-order valence-electron chi connectivity index (χ2n) is 5.40. The Kier molecular flexibility index (Phi) is 8.10. The van der Waals surface area contributed by atoms with Crippen LogP contribution in [0.15, 0.2) is 18.2 Å². The molecule has 0 radical (unpaired) electrons. The minimum Gasteiger partial charge on any atom is -0.396 e. The highest BCUT2D eigenvalue weighted by Crippen LogP contribution is 2.37. The number of aliphatic hydroxyl groups excluding tert-OH is 1. The Hall–Kier alpha value is -0.530. The van der Waals surface area contributed by atoms with Gasteiger partial charge < -0.3 is 10.4 Å². The van der Waals surface area contributed by atoms with E-state index in [9.17, 15) is 13.2 Å². The molecule has 0 amide bonds. The molecule has 0 aliphatic carbocycles. The van der Waals surface area contributed by atoms with Crippen molar-refractivity contribution in [1.82, 2.24) is 10.2 Å². The standard InChI is InChI=1S/C15H20ClF3N2O.ClH/c16-13-4-3-11(15(17,18)19)10-12(13)14(2-1-9-22)21-7-5-20-6-8-21;/h3-4,10,14,20,22H,1-2,5-9H2;1H/t14-;/m1./s1. The van der Waals surface area contributed by atoms with Crippen molar-refractivity contribution in [3.63, 3.8) is 0 Å². The van der Waals surface area contributed by atoms with Crippen LogP contribution in [0.4, 0.5) is 13.2 Å². The van der Waals surface area contributed by atoms with E-state index in [1.807, 2.05) is 0 Å². The molecule has 0 unspecified atom stereocenters. The van der Waals surface area contributed by atoms with Gasteiger partial charge in [-0.1, -0.05) is 11.6 Å². The molecule has 1 saturated heterocycles. The Balaban J connectivity index is 0.00000264. The van der Waals surface area contributed by atoms with Crippen LogP contribution in [0.25, 0.3) is 0 Å². The van der Waals surface area contributed by atoms with Crippen molar-refractivity contribution in [2.45, 2.75) is 25.1 Å². The highest BCUT2D eigenvalue weighted by Gasteiger charge is 2.32. The smallest absolute Gasteiger partial charge is 0.396 e. The van der Waals surface area contributed by atoms with Crippen molar-refractivity contribution >= 4 is 24.0 Å². The maximum absolute atomic E-state index is 13.0. The van der Waals surface area contributed by atoms with Gasteiger partial charge in [0.25, 0.3) is 0 Å². The minimum absolute atomic E-state index is 0. The van der Waals surface area contributed by atoms with Gasteiger partial charge in [0, 0.05) is 43.9 Å². The lowest BCUT2D eigenvalue weighted by molar-refractivity contribution is -0.137. The molecular weight excluding hydrogens is 352 g/mol. The number of alkyl halides is 3. The molecule has 0 saturated carbocycles. The monoisotopic (exact) mass is 372 g/mol. The van der Waals surface area contributed by atoms with Crippen molar-refractivity contribution < 1.29 is 18.3 Å². The fourth-order valence-corrected chi connectivity index (χ4v) is 3.03. The summed E-state index contributed by atoms with van der Waals surface area (Å²) in [5, 5.41) is 12.6. The van der Waals surface area contributed by atoms with Gasteiger partial charge in [-0.05, 0) is 36.6 Å². The SMILES string of the molecule is Cl.OCCC[C@H](c1cc(C(F)(F)F)ccc1Cl)N1CCNCC1. The van der Waals surface area contributed by atoms with E-state index in [0.29, 0.717) is 23.4 Å². The van der Waals surface area contributed by atoms with E-state index in [1.165, 1.54) is 6.07 Å². The van der Waals surface area contributed by atoms with Gasteiger partial charge in [-0.3, -0.25) is 4.90 Å². The maximum Gasteiger partial charge on any atom is 0.416 e. The summed E-state index contributed by atoms with van der Waals surface area (Å²) >= 11 is 6.17. The third-order valence-corrected chi connectivity index (χ3v) is 4.25. The lowest BCUT2D eigenvalue weighted by Crippen LogP contribution is -2.45. The van der Waals surface area contributed by atoms with Crippen molar-refractivity contribution in [2.24, 2.45) is 0 Å². The Morgan fingerprint density at radius 3 is 2.48 bits per heavy atom. The van der Waals surface area contributed by atoms with Crippen LogP contribution in [0.5, 0.6) is 0 Å². The Morgan fingerprint density at radius 1 is 1.26 bits per heavy atom. The average molecular weight is 373 g/mol. The van der Waals surface area contributed by atoms with E-state index in [2.05, 4.69) is 10.2 Å². The molecule has 0 aromatic heterocycles. The van der Waals surface area contributed by atoms with Gasteiger partial charge in [0.2, 0.25) is 0 Å². The van der Waals surface area contributed by atoms with E-state index in [0.717, 1.165) is 38.3 Å². The molecule has 1 aliphatic heterocycles. The highest BCUT2D eigenvalue weighted by atomic mass is 35.5. The number of hydrogen-bond acceptors (Lipinski definition) is 3. The zero-order valence-electron chi connectivity index (χ0n) is 12.6. The molecule has 1 aromatic rings. The Morgan fingerprint density at radius 2 is 1.91 bits per heavy atom. The third kappa shape index (κ3) is 5.50. The van der Waals surface area contributed by atoms with E-state index < -0.39 is 11.7 Å². The van der Waals surface area contributed by atoms with Gasteiger partial charge >= 0.3 is 6.18 Å². The average Bonchev–Trinajstić information content (AvgIpc) is 2.49. The van der Waals surface area contributed by atoms with Crippen molar-refractivity contribution in [2.75, 3.05) is 32.8 Å². The van der Waals surface area contributed by atoms with E-state index in [4.69, 9.17) is 16.7 Å². The fourth-order valence-electron chi connectivity index (χ4n) is 2.79. The molecule has 1 fully saturated rings. The second kappa shape index (κ2) is 9.08. The number of benzene rings is 1. The van der Waals surface area contributed by atoms with Gasteiger partial charge in [0.1, 0.15) is 0 Å². The van der Waals surface area contributed by atoms with E-state index >= 15 is 0 Å². The first-order valence-electron chi connectivity index (χ1n) is 7.35. The first kappa shape index (κ1) is 20.5. The number of nitrogens with one attached hydrogen (secondary N) is 1. The largest absolute Gasteiger partial charge is 0.416 e.